The zero-order valence-electron chi connectivity index (χ0n) is 10.5. The van der Waals surface area contributed by atoms with E-state index >= 15 is 0 Å². The fourth-order valence-corrected chi connectivity index (χ4v) is 1.71. The van der Waals surface area contributed by atoms with Crippen LogP contribution in [0.4, 0.5) is 5.82 Å². The molecule has 1 aromatic heterocycles. The quantitative estimate of drug-likeness (QED) is 0.795. The first-order chi connectivity index (χ1) is 7.67. The Kier molecular flexibility index (Phi) is 5.19. The third kappa shape index (κ3) is 3.77. The summed E-state index contributed by atoms with van der Waals surface area (Å²) in [5.41, 5.74) is 6.64. The van der Waals surface area contributed by atoms with E-state index in [1.807, 2.05) is 19.9 Å². The van der Waals surface area contributed by atoms with Crippen molar-refractivity contribution in [3.8, 4) is 0 Å². The SMILES string of the molecule is CCCCN(CCN)c1cc(C)nc(C)n1. The Bertz CT molecular complexity index is 305. The Morgan fingerprint density at radius 1 is 1.25 bits per heavy atom. The highest BCUT2D eigenvalue weighted by Crippen LogP contribution is 2.12. The van der Waals surface area contributed by atoms with Crippen molar-refractivity contribution in [2.75, 3.05) is 24.5 Å². The van der Waals surface area contributed by atoms with Gasteiger partial charge in [0.15, 0.2) is 0 Å². The van der Waals surface area contributed by atoms with Crippen LogP contribution in [0.1, 0.15) is 31.3 Å². The molecule has 0 fully saturated rings. The van der Waals surface area contributed by atoms with Gasteiger partial charge in [-0.1, -0.05) is 13.3 Å². The molecule has 0 unspecified atom stereocenters. The van der Waals surface area contributed by atoms with Gasteiger partial charge < -0.3 is 10.6 Å². The van der Waals surface area contributed by atoms with Gasteiger partial charge in [-0.05, 0) is 20.3 Å². The fraction of sp³-hybridized carbons (Fsp3) is 0.667. The molecule has 2 N–H and O–H groups in total. The molecule has 0 aliphatic rings. The highest BCUT2D eigenvalue weighted by Gasteiger charge is 2.07. The van der Waals surface area contributed by atoms with Gasteiger partial charge in [0.1, 0.15) is 11.6 Å². The normalized spacial score (nSPS) is 10.5. The predicted molar refractivity (Wildman–Crippen MR) is 67.7 cm³/mol. The van der Waals surface area contributed by atoms with Gasteiger partial charge in [0, 0.05) is 31.4 Å². The highest BCUT2D eigenvalue weighted by atomic mass is 15.2. The van der Waals surface area contributed by atoms with E-state index in [9.17, 15) is 0 Å². The summed E-state index contributed by atoms with van der Waals surface area (Å²) in [6.45, 7) is 8.65. The second kappa shape index (κ2) is 6.43. The van der Waals surface area contributed by atoms with Crippen LogP contribution in [0.2, 0.25) is 0 Å². The number of aromatic nitrogens is 2. The Morgan fingerprint density at radius 2 is 2.00 bits per heavy atom. The number of nitrogens with two attached hydrogens (primary N) is 1. The number of aryl methyl sites for hydroxylation is 2. The van der Waals surface area contributed by atoms with Crippen LogP contribution >= 0.6 is 0 Å². The lowest BCUT2D eigenvalue weighted by Gasteiger charge is -2.23. The summed E-state index contributed by atoms with van der Waals surface area (Å²) in [6.07, 6.45) is 2.35. The highest BCUT2D eigenvalue weighted by molar-refractivity contribution is 5.39. The Labute approximate surface area is 97.9 Å². The van der Waals surface area contributed by atoms with E-state index in [0.29, 0.717) is 6.54 Å². The van der Waals surface area contributed by atoms with Gasteiger partial charge in [-0.3, -0.25) is 0 Å². The molecule has 1 aromatic rings. The van der Waals surface area contributed by atoms with Crippen LogP contribution in [0.15, 0.2) is 6.07 Å². The molecule has 0 aliphatic carbocycles. The Morgan fingerprint density at radius 3 is 2.56 bits per heavy atom. The van der Waals surface area contributed by atoms with Crippen molar-refractivity contribution in [3.05, 3.63) is 17.6 Å². The second-order valence-corrected chi connectivity index (χ2v) is 4.04. The first-order valence-electron chi connectivity index (χ1n) is 5.94. The van der Waals surface area contributed by atoms with Crippen LogP contribution in [0, 0.1) is 13.8 Å². The first kappa shape index (κ1) is 12.9. The summed E-state index contributed by atoms with van der Waals surface area (Å²) in [6, 6.07) is 2.03. The van der Waals surface area contributed by atoms with E-state index in [0.717, 1.165) is 30.4 Å². The summed E-state index contributed by atoms with van der Waals surface area (Å²) in [5, 5.41) is 0. The van der Waals surface area contributed by atoms with Gasteiger partial charge in [-0.25, -0.2) is 9.97 Å². The minimum Gasteiger partial charge on any atom is -0.355 e. The van der Waals surface area contributed by atoms with E-state index in [1.54, 1.807) is 0 Å². The third-order valence-electron chi connectivity index (χ3n) is 2.46. The molecule has 0 aromatic carbocycles. The van der Waals surface area contributed by atoms with Crippen LogP contribution in [0.5, 0.6) is 0 Å². The van der Waals surface area contributed by atoms with Gasteiger partial charge in [-0.2, -0.15) is 0 Å². The van der Waals surface area contributed by atoms with Crippen molar-refractivity contribution in [3.63, 3.8) is 0 Å². The smallest absolute Gasteiger partial charge is 0.132 e. The van der Waals surface area contributed by atoms with Gasteiger partial charge in [0.25, 0.3) is 0 Å². The van der Waals surface area contributed by atoms with Crippen molar-refractivity contribution in [1.82, 2.24) is 9.97 Å². The predicted octanol–water partition coefficient (Wildman–Crippen LogP) is 1.66. The van der Waals surface area contributed by atoms with Crippen LogP contribution in [-0.4, -0.2) is 29.6 Å². The Hall–Kier alpha value is -1.16. The van der Waals surface area contributed by atoms with Gasteiger partial charge in [-0.15, -0.1) is 0 Å². The Balaban J connectivity index is 2.82. The molecule has 0 atom stereocenters. The van der Waals surface area contributed by atoms with E-state index in [4.69, 9.17) is 5.73 Å². The zero-order chi connectivity index (χ0) is 12.0. The molecule has 0 saturated heterocycles. The van der Waals surface area contributed by atoms with Gasteiger partial charge in [0.05, 0.1) is 0 Å². The van der Waals surface area contributed by atoms with Crippen molar-refractivity contribution < 1.29 is 0 Å². The minimum absolute atomic E-state index is 0.659. The standard InChI is InChI=1S/C12H22N4/c1-4-5-7-16(8-6-13)12-9-10(2)14-11(3)15-12/h9H,4-8,13H2,1-3H3. The molecule has 0 aliphatic heterocycles. The summed E-state index contributed by atoms with van der Waals surface area (Å²) >= 11 is 0. The largest absolute Gasteiger partial charge is 0.355 e. The maximum atomic E-state index is 5.63. The van der Waals surface area contributed by atoms with Crippen LogP contribution < -0.4 is 10.6 Å². The first-order valence-corrected chi connectivity index (χ1v) is 5.94. The molecule has 0 bridgehead atoms. The number of anilines is 1. The number of rotatable bonds is 6. The topological polar surface area (TPSA) is 55.0 Å². The maximum absolute atomic E-state index is 5.63. The van der Waals surface area contributed by atoms with Crippen molar-refractivity contribution in [2.24, 2.45) is 5.73 Å². The third-order valence-corrected chi connectivity index (χ3v) is 2.46. The van der Waals surface area contributed by atoms with E-state index in [2.05, 4.69) is 21.8 Å². The maximum Gasteiger partial charge on any atom is 0.132 e. The molecular formula is C12H22N4. The molecule has 0 amide bonds. The van der Waals surface area contributed by atoms with E-state index < -0.39 is 0 Å². The zero-order valence-corrected chi connectivity index (χ0v) is 10.5. The number of nitrogens with zero attached hydrogens (tertiary/aromatic N) is 3. The van der Waals surface area contributed by atoms with E-state index in [-0.39, 0.29) is 0 Å². The molecule has 0 saturated carbocycles. The average Bonchev–Trinajstić information content (AvgIpc) is 2.22. The molecule has 16 heavy (non-hydrogen) atoms. The monoisotopic (exact) mass is 222 g/mol. The van der Waals surface area contributed by atoms with Crippen molar-refractivity contribution in [1.29, 1.82) is 0 Å². The summed E-state index contributed by atoms with van der Waals surface area (Å²) in [7, 11) is 0. The van der Waals surface area contributed by atoms with Crippen LogP contribution in [-0.2, 0) is 0 Å². The molecular weight excluding hydrogens is 200 g/mol. The second-order valence-electron chi connectivity index (χ2n) is 4.04. The number of hydrogen-bond donors (Lipinski definition) is 1. The average molecular weight is 222 g/mol. The lowest BCUT2D eigenvalue weighted by molar-refractivity contribution is 0.704. The molecule has 1 rings (SSSR count). The lowest BCUT2D eigenvalue weighted by Crippen LogP contribution is -2.31. The van der Waals surface area contributed by atoms with Crippen molar-refractivity contribution in [2.45, 2.75) is 33.6 Å². The van der Waals surface area contributed by atoms with Gasteiger partial charge >= 0.3 is 0 Å². The molecule has 0 spiro atoms. The van der Waals surface area contributed by atoms with Crippen molar-refractivity contribution >= 4 is 5.82 Å². The number of hydrogen-bond acceptors (Lipinski definition) is 4. The summed E-state index contributed by atoms with van der Waals surface area (Å²) in [5.74, 6) is 1.83. The molecule has 0 radical (unpaired) electrons. The van der Waals surface area contributed by atoms with E-state index in [1.165, 1.54) is 12.8 Å². The van der Waals surface area contributed by atoms with Crippen LogP contribution in [0.25, 0.3) is 0 Å². The molecule has 1 heterocycles. The molecule has 4 heteroatoms. The molecule has 90 valence electrons. The number of unbranched alkanes of at least 4 members (excludes halogenated alkanes) is 1. The van der Waals surface area contributed by atoms with Crippen LogP contribution in [0.3, 0.4) is 0 Å². The fourth-order valence-electron chi connectivity index (χ4n) is 1.71. The molecule has 4 nitrogen and oxygen atoms in total. The van der Waals surface area contributed by atoms with Gasteiger partial charge in [0.2, 0.25) is 0 Å². The summed E-state index contributed by atoms with van der Waals surface area (Å²) < 4.78 is 0. The lowest BCUT2D eigenvalue weighted by atomic mass is 10.3. The minimum atomic E-state index is 0.659. The summed E-state index contributed by atoms with van der Waals surface area (Å²) in [4.78, 5) is 11.0.